The topological polar surface area (TPSA) is 106 Å². The molecular weight excluding hydrogens is 450 g/mol. The lowest BCUT2D eigenvalue weighted by molar-refractivity contribution is -0.118. The predicted octanol–water partition coefficient (Wildman–Crippen LogP) is 3.56. The quantitative estimate of drug-likeness (QED) is 0.336. The molecule has 8 nitrogen and oxygen atoms in total. The van der Waals surface area contributed by atoms with Crippen molar-refractivity contribution in [2.75, 3.05) is 7.11 Å². The van der Waals surface area contributed by atoms with Crippen LogP contribution >= 0.6 is 11.8 Å². The molecule has 164 valence electrons. The summed E-state index contributed by atoms with van der Waals surface area (Å²) < 4.78 is 36.3. The highest BCUT2D eigenvalue weighted by molar-refractivity contribution is 8.15. The molecule has 0 aliphatic carbocycles. The normalized spacial score (nSPS) is 17.8. The molecular formula is C22H19N3O5S2. The first-order valence-corrected chi connectivity index (χ1v) is 11.8. The number of benzene rings is 3. The molecule has 1 fully saturated rings. The van der Waals surface area contributed by atoms with Crippen molar-refractivity contribution in [3.8, 4) is 11.5 Å². The number of carbonyl (C=O) groups excluding carboxylic acids is 1. The van der Waals surface area contributed by atoms with E-state index < -0.39 is 10.1 Å². The standard InChI is InChI=1S/C22H19N3O5S2/c1-14-21(26)24-22(31-14)25-23-13-19-18-6-4-3-5-15(18)7-12-20(19)30-32(27,28)17-10-8-16(29-2)9-11-17/h3-14H,1-2H3,(H,24,25,26)/t14-/m1/s1. The van der Waals surface area contributed by atoms with Gasteiger partial charge in [0.05, 0.1) is 18.6 Å². The summed E-state index contributed by atoms with van der Waals surface area (Å²) in [7, 11) is -2.60. The van der Waals surface area contributed by atoms with E-state index in [2.05, 4.69) is 15.5 Å². The molecule has 1 saturated heterocycles. The Kier molecular flexibility index (Phi) is 6.15. The fourth-order valence-electron chi connectivity index (χ4n) is 3.04. The third-order valence-corrected chi connectivity index (χ3v) is 6.92. The van der Waals surface area contributed by atoms with Gasteiger partial charge in [-0.15, -0.1) is 5.10 Å². The number of nitrogens with one attached hydrogen (secondary N) is 1. The highest BCUT2D eigenvalue weighted by Crippen LogP contribution is 2.30. The molecule has 0 saturated carbocycles. The molecule has 0 radical (unpaired) electrons. The highest BCUT2D eigenvalue weighted by atomic mass is 32.2. The number of methoxy groups -OCH3 is 1. The number of rotatable bonds is 6. The minimum atomic E-state index is -4.10. The van der Waals surface area contributed by atoms with E-state index in [4.69, 9.17) is 8.92 Å². The van der Waals surface area contributed by atoms with Gasteiger partial charge >= 0.3 is 10.1 Å². The van der Waals surface area contributed by atoms with Gasteiger partial charge in [-0.1, -0.05) is 42.1 Å². The summed E-state index contributed by atoms with van der Waals surface area (Å²) >= 11 is 1.27. The van der Waals surface area contributed by atoms with Crippen LogP contribution in [-0.4, -0.2) is 38.1 Å². The molecule has 10 heteroatoms. The van der Waals surface area contributed by atoms with Gasteiger partial charge in [-0.05, 0) is 48.0 Å². The van der Waals surface area contributed by atoms with Crippen molar-refractivity contribution in [2.24, 2.45) is 10.2 Å². The fraction of sp³-hybridized carbons (Fsp3) is 0.136. The first-order chi connectivity index (χ1) is 15.4. The number of hydrogen-bond acceptors (Lipinski definition) is 8. The average Bonchev–Trinajstić information content (AvgIpc) is 3.12. The molecule has 3 aromatic carbocycles. The van der Waals surface area contributed by atoms with Gasteiger partial charge in [-0.25, -0.2) is 0 Å². The summed E-state index contributed by atoms with van der Waals surface area (Å²) in [6, 6.07) is 16.7. The lowest BCUT2D eigenvalue weighted by atomic mass is 10.0. The zero-order chi connectivity index (χ0) is 22.7. The molecule has 0 unspecified atom stereocenters. The molecule has 3 aromatic rings. The van der Waals surface area contributed by atoms with Gasteiger partial charge in [0.2, 0.25) is 5.91 Å². The minimum Gasteiger partial charge on any atom is -0.497 e. The first kappa shape index (κ1) is 21.8. The number of carbonyl (C=O) groups is 1. The smallest absolute Gasteiger partial charge is 0.339 e. The Labute approximate surface area is 189 Å². The van der Waals surface area contributed by atoms with Crippen molar-refractivity contribution in [1.29, 1.82) is 0 Å². The second-order valence-corrected chi connectivity index (χ2v) is 9.69. The van der Waals surface area contributed by atoms with Crippen LogP contribution in [0.25, 0.3) is 10.8 Å². The Morgan fingerprint density at radius 1 is 1.06 bits per heavy atom. The van der Waals surface area contributed by atoms with Crippen LogP contribution in [0.15, 0.2) is 75.8 Å². The zero-order valence-electron chi connectivity index (χ0n) is 17.2. The monoisotopic (exact) mass is 469 g/mol. The molecule has 1 aliphatic rings. The molecule has 4 rings (SSSR count). The lowest BCUT2D eigenvalue weighted by Gasteiger charge is -2.12. The van der Waals surface area contributed by atoms with E-state index in [0.717, 1.165) is 10.8 Å². The van der Waals surface area contributed by atoms with Crippen LogP contribution in [0.1, 0.15) is 12.5 Å². The Balaban J connectivity index is 1.70. The lowest BCUT2D eigenvalue weighted by Crippen LogP contribution is -2.23. The maximum absolute atomic E-state index is 12.9. The van der Waals surface area contributed by atoms with Crippen LogP contribution < -0.4 is 14.2 Å². The van der Waals surface area contributed by atoms with Gasteiger partial charge in [0.1, 0.15) is 10.6 Å². The minimum absolute atomic E-state index is 0.00588. The number of thioether (sulfide) groups is 1. The van der Waals surface area contributed by atoms with Crippen molar-refractivity contribution in [3.05, 3.63) is 66.2 Å². The fourth-order valence-corrected chi connectivity index (χ4v) is 4.74. The summed E-state index contributed by atoms with van der Waals surface area (Å²) in [5.41, 5.74) is 0.451. The van der Waals surface area contributed by atoms with Crippen molar-refractivity contribution >= 4 is 49.9 Å². The van der Waals surface area contributed by atoms with E-state index in [1.165, 1.54) is 37.2 Å². The number of nitrogens with zero attached hydrogens (tertiary/aromatic N) is 2. The van der Waals surface area contributed by atoms with Crippen LogP contribution in [0.5, 0.6) is 11.5 Å². The Morgan fingerprint density at radius 3 is 2.50 bits per heavy atom. The summed E-state index contributed by atoms with van der Waals surface area (Å²) in [5, 5.41) is 12.5. The van der Waals surface area contributed by atoms with Gasteiger partial charge in [-0.3, -0.25) is 4.79 Å². The Bertz CT molecular complexity index is 1340. The summed E-state index contributed by atoms with van der Waals surface area (Å²) in [6.07, 6.45) is 1.42. The van der Waals surface area contributed by atoms with Crippen molar-refractivity contribution in [2.45, 2.75) is 17.1 Å². The van der Waals surface area contributed by atoms with Crippen LogP contribution in [0.2, 0.25) is 0 Å². The highest BCUT2D eigenvalue weighted by Gasteiger charge is 2.25. The van der Waals surface area contributed by atoms with Gasteiger partial charge in [-0.2, -0.15) is 13.5 Å². The summed E-state index contributed by atoms with van der Waals surface area (Å²) in [6.45, 7) is 1.77. The molecule has 0 spiro atoms. The van der Waals surface area contributed by atoms with Crippen LogP contribution in [0.3, 0.4) is 0 Å². The number of ether oxygens (including phenoxy) is 1. The number of hydrogen-bond donors (Lipinski definition) is 1. The Hall–Kier alpha value is -3.37. The molecule has 1 amide bonds. The van der Waals surface area contributed by atoms with Crippen molar-refractivity contribution in [3.63, 3.8) is 0 Å². The van der Waals surface area contributed by atoms with Crippen LogP contribution in [0, 0.1) is 0 Å². The van der Waals surface area contributed by atoms with Crippen LogP contribution in [0.4, 0.5) is 0 Å². The molecule has 1 aliphatic heterocycles. The summed E-state index contributed by atoms with van der Waals surface area (Å²) in [5.74, 6) is 0.511. The van der Waals surface area contributed by atoms with Gasteiger partial charge in [0.25, 0.3) is 0 Å². The van der Waals surface area contributed by atoms with Gasteiger partial charge < -0.3 is 14.2 Å². The second-order valence-electron chi connectivity index (χ2n) is 6.81. The SMILES string of the molecule is COc1ccc(S(=O)(=O)Oc2ccc3ccccc3c2C=NN=C2NC(=O)[C@@H](C)S2)cc1. The zero-order valence-corrected chi connectivity index (χ0v) is 18.8. The Morgan fingerprint density at radius 2 is 1.81 bits per heavy atom. The van der Waals surface area contributed by atoms with E-state index in [-0.39, 0.29) is 21.8 Å². The van der Waals surface area contributed by atoms with E-state index in [1.807, 2.05) is 24.3 Å². The largest absolute Gasteiger partial charge is 0.497 e. The molecule has 1 N–H and O–H groups in total. The third-order valence-electron chi connectivity index (χ3n) is 4.70. The van der Waals surface area contributed by atoms with E-state index in [1.54, 1.807) is 31.2 Å². The van der Waals surface area contributed by atoms with Crippen molar-refractivity contribution < 1.29 is 22.1 Å². The predicted molar refractivity (Wildman–Crippen MR) is 125 cm³/mol. The molecule has 1 atom stereocenters. The number of amidine groups is 1. The average molecular weight is 470 g/mol. The third kappa shape index (κ3) is 4.61. The molecule has 1 heterocycles. The van der Waals surface area contributed by atoms with Gasteiger partial charge in [0.15, 0.2) is 10.9 Å². The number of fused-ring (bicyclic) bond motifs is 1. The second kappa shape index (κ2) is 9.01. The van der Waals surface area contributed by atoms with Gasteiger partial charge in [0, 0.05) is 5.56 Å². The van der Waals surface area contributed by atoms with E-state index in [9.17, 15) is 13.2 Å². The molecule has 32 heavy (non-hydrogen) atoms. The summed E-state index contributed by atoms with van der Waals surface area (Å²) in [4.78, 5) is 11.6. The maximum atomic E-state index is 12.9. The van der Waals surface area contributed by atoms with Crippen LogP contribution in [-0.2, 0) is 14.9 Å². The van der Waals surface area contributed by atoms with E-state index >= 15 is 0 Å². The number of amides is 1. The molecule has 0 aromatic heterocycles. The maximum Gasteiger partial charge on any atom is 0.339 e. The van der Waals surface area contributed by atoms with E-state index in [0.29, 0.717) is 16.5 Å². The van der Waals surface area contributed by atoms with Crippen molar-refractivity contribution in [1.82, 2.24) is 5.32 Å². The molecule has 0 bridgehead atoms. The first-order valence-electron chi connectivity index (χ1n) is 9.56.